The first-order valence-corrected chi connectivity index (χ1v) is 7.36. The van der Waals surface area contributed by atoms with Gasteiger partial charge in [-0.05, 0) is 18.7 Å². The van der Waals surface area contributed by atoms with E-state index >= 15 is 0 Å². The summed E-state index contributed by atoms with van der Waals surface area (Å²) in [6.45, 7) is 7.13. The Morgan fingerprint density at radius 2 is 1.67 bits per heavy atom. The van der Waals surface area contributed by atoms with E-state index in [9.17, 15) is 13.2 Å². The van der Waals surface area contributed by atoms with E-state index in [1.807, 2.05) is 44.2 Å². The molecule has 0 bridgehead atoms. The van der Waals surface area contributed by atoms with Crippen molar-refractivity contribution in [2.45, 2.75) is 32.4 Å². The monoisotopic (exact) mass is 302 g/mol. The first-order chi connectivity index (χ1) is 9.80. The first kappa shape index (κ1) is 18.0. The van der Waals surface area contributed by atoms with Crippen molar-refractivity contribution in [3.05, 3.63) is 35.9 Å². The van der Waals surface area contributed by atoms with Crippen LogP contribution in [-0.4, -0.2) is 43.8 Å². The molecule has 1 rings (SSSR count). The standard InChI is InChI=1S/C16H25F3N2/c1-4-20-11-15(3,14-9-7-6-8-10-14)12-21(5-2)13-16(17,18)19/h6-10,20H,4-5,11-13H2,1-3H3. The van der Waals surface area contributed by atoms with Gasteiger partial charge in [0.1, 0.15) is 0 Å². The van der Waals surface area contributed by atoms with Gasteiger partial charge in [-0.1, -0.05) is 51.1 Å². The minimum atomic E-state index is -4.16. The molecule has 5 heteroatoms. The molecule has 0 saturated carbocycles. The van der Waals surface area contributed by atoms with E-state index in [-0.39, 0.29) is 5.41 Å². The van der Waals surface area contributed by atoms with Crippen LogP contribution in [0.3, 0.4) is 0 Å². The van der Waals surface area contributed by atoms with Gasteiger partial charge in [-0.15, -0.1) is 0 Å². The van der Waals surface area contributed by atoms with E-state index in [1.165, 1.54) is 4.90 Å². The van der Waals surface area contributed by atoms with Gasteiger partial charge in [0.15, 0.2) is 0 Å². The lowest BCUT2D eigenvalue weighted by atomic mass is 9.81. The lowest BCUT2D eigenvalue weighted by molar-refractivity contribution is -0.147. The highest BCUT2D eigenvalue weighted by molar-refractivity contribution is 5.25. The minimum absolute atomic E-state index is 0.349. The summed E-state index contributed by atoms with van der Waals surface area (Å²) < 4.78 is 38.0. The normalized spacial score (nSPS) is 15.2. The van der Waals surface area contributed by atoms with Crippen molar-refractivity contribution in [2.75, 3.05) is 32.7 Å². The molecule has 0 heterocycles. The minimum Gasteiger partial charge on any atom is -0.316 e. The van der Waals surface area contributed by atoms with Crippen molar-refractivity contribution in [3.63, 3.8) is 0 Å². The van der Waals surface area contributed by atoms with Crippen molar-refractivity contribution in [1.29, 1.82) is 0 Å². The van der Waals surface area contributed by atoms with Gasteiger partial charge in [0.2, 0.25) is 0 Å². The Balaban J connectivity index is 2.91. The summed E-state index contributed by atoms with van der Waals surface area (Å²) in [5.41, 5.74) is 0.713. The van der Waals surface area contributed by atoms with Gasteiger partial charge in [-0.3, -0.25) is 4.90 Å². The second-order valence-corrected chi connectivity index (χ2v) is 5.63. The molecule has 0 aliphatic carbocycles. The zero-order chi connectivity index (χ0) is 15.9. The molecule has 2 nitrogen and oxygen atoms in total. The molecule has 0 saturated heterocycles. The zero-order valence-electron chi connectivity index (χ0n) is 13.0. The van der Waals surface area contributed by atoms with Crippen LogP contribution in [-0.2, 0) is 5.41 Å². The third kappa shape index (κ3) is 6.06. The van der Waals surface area contributed by atoms with E-state index in [1.54, 1.807) is 6.92 Å². The molecule has 1 atom stereocenters. The van der Waals surface area contributed by atoms with E-state index in [4.69, 9.17) is 0 Å². The summed E-state index contributed by atoms with van der Waals surface area (Å²) in [6.07, 6.45) is -4.16. The molecule has 0 aliphatic rings. The van der Waals surface area contributed by atoms with Gasteiger partial charge in [0.25, 0.3) is 0 Å². The predicted octanol–water partition coefficient (Wildman–Crippen LogP) is 3.44. The lowest BCUT2D eigenvalue weighted by Crippen LogP contribution is -2.47. The van der Waals surface area contributed by atoms with Crippen molar-refractivity contribution in [1.82, 2.24) is 10.2 Å². The highest BCUT2D eigenvalue weighted by Crippen LogP contribution is 2.26. The number of nitrogens with zero attached hydrogens (tertiary/aromatic N) is 1. The summed E-state index contributed by atoms with van der Waals surface area (Å²) in [5, 5.41) is 3.27. The predicted molar refractivity (Wildman–Crippen MR) is 80.5 cm³/mol. The molecule has 0 radical (unpaired) electrons. The molecule has 1 aromatic rings. The number of halogens is 3. The number of hydrogen-bond acceptors (Lipinski definition) is 2. The fourth-order valence-electron chi connectivity index (χ4n) is 2.52. The molecule has 1 N–H and O–H groups in total. The SMILES string of the molecule is CCNCC(C)(CN(CC)CC(F)(F)F)c1ccccc1. The molecule has 0 amide bonds. The first-order valence-electron chi connectivity index (χ1n) is 7.36. The van der Waals surface area contributed by atoms with E-state index in [2.05, 4.69) is 5.32 Å². The molecule has 120 valence electrons. The number of nitrogens with one attached hydrogen (secondary N) is 1. The Morgan fingerprint density at radius 1 is 1.05 bits per heavy atom. The molecule has 0 fully saturated rings. The summed E-state index contributed by atoms with van der Waals surface area (Å²) in [4.78, 5) is 1.46. The average molecular weight is 302 g/mol. The van der Waals surface area contributed by atoms with E-state index in [0.29, 0.717) is 19.6 Å². The van der Waals surface area contributed by atoms with Crippen LogP contribution in [0.1, 0.15) is 26.3 Å². The van der Waals surface area contributed by atoms with Crippen molar-refractivity contribution >= 4 is 0 Å². The Hall–Kier alpha value is -1.07. The summed E-state index contributed by atoms with van der Waals surface area (Å²) >= 11 is 0. The van der Waals surface area contributed by atoms with E-state index in [0.717, 1.165) is 12.1 Å². The number of likely N-dealkylation sites (N-methyl/N-ethyl adjacent to an activating group) is 2. The molecule has 1 aromatic carbocycles. The summed E-state index contributed by atoms with van der Waals surface area (Å²) in [7, 11) is 0. The van der Waals surface area contributed by atoms with Crippen LogP contribution < -0.4 is 5.32 Å². The van der Waals surface area contributed by atoms with Crippen molar-refractivity contribution in [3.8, 4) is 0 Å². The number of alkyl halides is 3. The molecule has 0 aromatic heterocycles. The molecular formula is C16H25F3N2. The smallest absolute Gasteiger partial charge is 0.316 e. The number of hydrogen-bond donors (Lipinski definition) is 1. The third-order valence-electron chi connectivity index (χ3n) is 3.66. The van der Waals surface area contributed by atoms with Gasteiger partial charge in [-0.25, -0.2) is 0 Å². The molecule has 0 aliphatic heterocycles. The zero-order valence-corrected chi connectivity index (χ0v) is 13.0. The molecule has 0 spiro atoms. The second kappa shape index (κ2) is 7.80. The second-order valence-electron chi connectivity index (χ2n) is 5.63. The van der Waals surface area contributed by atoms with Crippen LogP contribution in [0, 0.1) is 0 Å². The fourth-order valence-corrected chi connectivity index (χ4v) is 2.52. The number of rotatable bonds is 8. The van der Waals surface area contributed by atoms with Gasteiger partial charge < -0.3 is 5.32 Å². The molecule has 21 heavy (non-hydrogen) atoms. The maximum absolute atomic E-state index is 12.7. The van der Waals surface area contributed by atoms with Gasteiger partial charge in [0.05, 0.1) is 6.54 Å². The van der Waals surface area contributed by atoms with Crippen LogP contribution in [0.25, 0.3) is 0 Å². The van der Waals surface area contributed by atoms with Crippen LogP contribution >= 0.6 is 0 Å². The Kier molecular flexibility index (Phi) is 6.68. The Labute approximate surface area is 125 Å². The van der Waals surface area contributed by atoms with E-state index < -0.39 is 12.7 Å². The highest BCUT2D eigenvalue weighted by atomic mass is 19.4. The van der Waals surface area contributed by atoms with Crippen LogP contribution in [0.2, 0.25) is 0 Å². The van der Waals surface area contributed by atoms with Crippen LogP contribution in [0.5, 0.6) is 0 Å². The van der Waals surface area contributed by atoms with Gasteiger partial charge in [-0.2, -0.15) is 13.2 Å². The van der Waals surface area contributed by atoms with Crippen molar-refractivity contribution < 1.29 is 13.2 Å². The van der Waals surface area contributed by atoms with Gasteiger partial charge >= 0.3 is 6.18 Å². The average Bonchev–Trinajstić information content (AvgIpc) is 2.44. The fraction of sp³-hybridized carbons (Fsp3) is 0.625. The maximum Gasteiger partial charge on any atom is 0.401 e. The summed E-state index contributed by atoms with van der Waals surface area (Å²) in [5.74, 6) is 0. The van der Waals surface area contributed by atoms with Crippen LogP contribution in [0.15, 0.2) is 30.3 Å². The maximum atomic E-state index is 12.7. The lowest BCUT2D eigenvalue weighted by Gasteiger charge is -2.36. The topological polar surface area (TPSA) is 15.3 Å². The largest absolute Gasteiger partial charge is 0.401 e. The third-order valence-corrected chi connectivity index (χ3v) is 3.66. The Morgan fingerprint density at radius 3 is 2.14 bits per heavy atom. The summed E-state index contributed by atoms with van der Waals surface area (Å²) in [6, 6.07) is 9.75. The number of benzene rings is 1. The van der Waals surface area contributed by atoms with Crippen molar-refractivity contribution in [2.24, 2.45) is 0 Å². The molecule has 1 unspecified atom stereocenters. The molecular weight excluding hydrogens is 277 g/mol. The van der Waals surface area contributed by atoms with Gasteiger partial charge in [0, 0.05) is 18.5 Å². The highest BCUT2D eigenvalue weighted by Gasteiger charge is 2.34. The Bertz CT molecular complexity index is 406. The quantitative estimate of drug-likeness (QED) is 0.791. The van der Waals surface area contributed by atoms with Crippen LogP contribution in [0.4, 0.5) is 13.2 Å².